The molecule has 5 nitrogen and oxygen atoms in total. The number of nitrogens with zero attached hydrogens (tertiary/aromatic N) is 1. The number of hydrogen-bond donors (Lipinski definition) is 1. The molecule has 4 rings (SSSR count). The van der Waals surface area contributed by atoms with Gasteiger partial charge in [-0.2, -0.15) is 0 Å². The van der Waals surface area contributed by atoms with Crippen LogP contribution in [0.3, 0.4) is 0 Å². The minimum absolute atomic E-state index is 0.0533. The summed E-state index contributed by atoms with van der Waals surface area (Å²) in [5.74, 6) is -1.40. The van der Waals surface area contributed by atoms with Crippen LogP contribution in [0.4, 0.5) is 10.1 Å². The molecule has 3 aromatic carbocycles. The number of anilines is 1. The lowest BCUT2D eigenvalue weighted by Gasteiger charge is -2.09. The monoisotopic (exact) mass is 470 g/mol. The van der Waals surface area contributed by atoms with Crippen molar-refractivity contribution in [3.63, 3.8) is 0 Å². The smallest absolute Gasteiger partial charge is 0.244 e. The number of halogens is 2. The summed E-state index contributed by atoms with van der Waals surface area (Å²) in [4.78, 5) is 12.7. The van der Waals surface area contributed by atoms with E-state index < -0.39 is 21.4 Å². The van der Waals surface area contributed by atoms with Crippen molar-refractivity contribution < 1.29 is 17.6 Å². The molecule has 8 heteroatoms. The van der Waals surface area contributed by atoms with Gasteiger partial charge in [-0.15, -0.1) is 0 Å². The lowest BCUT2D eigenvalue weighted by atomic mass is 10.2. The predicted molar refractivity (Wildman–Crippen MR) is 124 cm³/mol. The maximum absolute atomic E-state index is 14.1. The second-order valence-electron chi connectivity index (χ2n) is 7.52. The third-order valence-electron chi connectivity index (χ3n) is 5.10. The number of hydrogen-bond acceptors (Lipinski definition) is 3. The lowest BCUT2D eigenvalue weighted by molar-refractivity contribution is -0.116. The first-order valence-electron chi connectivity index (χ1n) is 9.84. The van der Waals surface area contributed by atoms with E-state index in [9.17, 15) is 17.6 Å². The Bertz CT molecular complexity index is 1430. The molecule has 0 aliphatic rings. The number of carbonyl (C=O) groups excluding carboxylic acids is 1. The second kappa shape index (κ2) is 8.76. The number of aromatic nitrogens is 1. The first-order valence-corrected chi connectivity index (χ1v) is 11.9. The summed E-state index contributed by atoms with van der Waals surface area (Å²) in [6.45, 7) is 1.78. The van der Waals surface area contributed by atoms with Gasteiger partial charge in [0, 0.05) is 22.7 Å². The summed E-state index contributed by atoms with van der Waals surface area (Å²) in [6, 6.07) is 18.0. The molecule has 0 atom stereocenters. The molecule has 1 heterocycles. The molecular formula is C24H20ClFN2O3S. The average Bonchev–Trinajstić information content (AvgIpc) is 3.11. The molecule has 0 aliphatic carbocycles. The quantitative estimate of drug-likeness (QED) is 0.412. The van der Waals surface area contributed by atoms with Crippen LogP contribution >= 0.6 is 11.6 Å². The van der Waals surface area contributed by atoms with Gasteiger partial charge < -0.3 is 9.88 Å². The molecule has 0 saturated heterocycles. The summed E-state index contributed by atoms with van der Waals surface area (Å²) >= 11 is 6.19. The summed E-state index contributed by atoms with van der Waals surface area (Å²) in [5.41, 5.74) is 2.13. The van der Waals surface area contributed by atoms with E-state index in [1.165, 1.54) is 24.4 Å². The summed E-state index contributed by atoms with van der Waals surface area (Å²) in [7, 11) is -3.86. The molecule has 0 saturated carbocycles. The van der Waals surface area contributed by atoms with Crippen LogP contribution in [-0.4, -0.2) is 18.9 Å². The maximum atomic E-state index is 14.1. The Morgan fingerprint density at radius 1 is 1.06 bits per heavy atom. The van der Waals surface area contributed by atoms with Crippen molar-refractivity contribution in [1.82, 2.24) is 4.57 Å². The fraction of sp³-hybridized carbons (Fsp3) is 0.125. The van der Waals surface area contributed by atoms with Crippen LogP contribution in [0.1, 0.15) is 11.1 Å². The number of rotatable bonds is 6. The SMILES string of the molecule is Cc1ccc(NC(=O)Cn2cc(S(=O)(=O)Cc3ccccc3F)c3ccccc32)c(Cl)c1. The molecule has 1 amide bonds. The fourth-order valence-corrected chi connectivity index (χ4v) is 5.43. The van der Waals surface area contributed by atoms with E-state index in [2.05, 4.69) is 5.32 Å². The molecule has 0 radical (unpaired) electrons. The number of carbonyl (C=O) groups is 1. The highest BCUT2D eigenvalue weighted by molar-refractivity contribution is 7.90. The molecule has 0 bridgehead atoms. The highest BCUT2D eigenvalue weighted by atomic mass is 35.5. The Morgan fingerprint density at radius 3 is 2.53 bits per heavy atom. The highest BCUT2D eigenvalue weighted by Crippen LogP contribution is 2.29. The zero-order chi connectivity index (χ0) is 22.9. The zero-order valence-electron chi connectivity index (χ0n) is 17.2. The molecule has 1 N–H and O–H groups in total. The third-order valence-corrected chi connectivity index (χ3v) is 7.10. The first-order chi connectivity index (χ1) is 15.2. The van der Waals surface area contributed by atoms with Gasteiger partial charge in [0.05, 0.1) is 21.4 Å². The van der Waals surface area contributed by atoms with Crippen molar-refractivity contribution in [2.75, 3.05) is 5.32 Å². The topological polar surface area (TPSA) is 68.2 Å². The predicted octanol–water partition coefficient (Wildman–Crippen LogP) is 5.35. The maximum Gasteiger partial charge on any atom is 0.244 e. The number of fused-ring (bicyclic) bond motifs is 1. The van der Waals surface area contributed by atoms with E-state index in [0.29, 0.717) is 21.6 Å². The Morgan fingerprint density at radius 2 is 1.78 bits per heavy atom. The summed E-state index contributed by atoms with van der Waals surface area (Å²) < 4.78 is 41.9. The second-order valence-corrected chi connectivity index (χ2v) is 9.89. The number of sulfone groups is 1. The van der Waals surface area contributed by atoms with Crippen molar-refractivity contribution in [3.05, 3.63) is 94.9 Å². The molecule has 1 aromatic heterocycles. The zero-order valence-corrected chi connectivity index (χ0v) is 18.8. The van der Waals surface area contributed by atoms with Crippen molar-refractivity contribution in [1.29, 1.82) is 0 Å². The molecular weight excluding hydrogens is 451 g/mol. The molecule has 0 aliphatic heterocycles. The van der Waals surface area contributed by atoms with Crippen LogP contribution in [0.25, 0.3) is 10.9 Å². The molecule has 0 unspecified atom stereocenters. The largest absolute Gasteiger partial charge is 0.337 e. The van der Waals surface area contributed by atoms with Gasteiger partial charge in [-0.05, 0) is 36.8 Å². The Kier molecular flexibility index (Phi) is 6.04. The van der Waals surface area contributed by atoms with Crippen LogP contribution in [0, 0.1) is 12.7 Å². The van der Waals surface area contributed by atoms with Gasteiger partial charge in [-0.3, -0.25) is 4.79 Å². The molecule has 4 aromatic rings. The summed E-state index contributed by atoms with van der Waals surface area (Å²) in [5, 5.41) is 3.65. The number of benzene rings is 3. The van der Waals surface area contributed by atoms with E-state index in [1.807, 2.05) is 13.0 Å². The van der Waals surface area contributed by atoms with Crippen molar-refractivity contribution in [2.24, 2.45) is 0 Å². The third kappa shape index (κ3) is 4.54. The molecule has 164 valence electrons. The minimum Gasteiger partial charge on any atom is -0.337 e. The van der Waals surface area contributed by atoms with Gasteiger partial charge in [-0.1, -0.05) is 54.1 Å². The number of nitrogens with one attached hydrogen (secondary N) is 1. The van der Waals surface area contributed by atoms with Gasteiger partial charge in [0.1, 0.15) is 12.4 Å². The molecule has 0 fully saturated rings. The Balaban J connectivity index is 1.65. The highest BCUT2D eigenvalue weighted by Gasteiger charge is 2.23. The van der Waals surface area contributed by atoms with Crippen LogP contribution in [0.2, 0.25) is 5.02 Å². The first kappa shape index (κ1) is 22.0. The van der Waals surface area contributed by atoms with Gasteiger partial charge >= 0.3 is 0 Å². The van der Waals surface area contributed by atoms with Crippen LogP contribution in [-0.2, 0) is 26.9 Å². The van der Waals surface area contributed by atoms with Gasteiger partial charge in [0.25, 0.3) is 0 Å². The van der Waals surface area contributed by atoms with Crippen LogP contribution in [0.5, 0.6) is 0 Å². The van der Waals surface area contributed by atoms with Gasteiger partial charge in [0.2, 0.25) is 5.91 Å². The number of amides is 1. The lowest BCUT2D eigenvalue weighted by Crippen LogP contribution is -2.18. The van der Waals surface area contributed by atoms with E-state index >= 15 is 0 Å². The van der Waals surface area contributed by atoms with E-state index in [1.54, 1.807) is 47.0 Å². The minimum atomic E-state index is -3.86. The standard InChI is InChI=1S/C24H20ClFN2O3S/c1-16-10-11-21(19(25)12-16)27-24(29)14-28-13-23(18-7-3-5-9-22(18)28)32(30,31)15-17-6-2-4-8-20(17)26/h2-13H,14-15H2,1H3,(H,27,29). The number of para-hydroxylation sites is 1. The molecule has 32 heavy (non-hydrogen) atoms. The van der Waals surface area contributed by atoms with E-state index in [4.69, 9.17) is 11.6 Å². The van der Waals surface area contributed by atoms with Crippen molar-refractivity contribution in [2.45, 2.75) is 24.1 Å². The van der Waals surface area contributed by atoms with Gasteiger partial charge in [0.15, 0.2) is 9.84 Å². The average molecular weight is 471 g/mol. The van der Waals surface area contributed by atoms with Crippen molar-refractivity contribution >= 4 is 43.9 Å². The van der Waals surface area contributed by atoms with Crippen molar-refractivity contribution in [3.8, 4) is 0 Å². The Labute approximate surface area is 190 Å². The molecule has 0 spiro atoms. The number of aryl methyl sites for hydroxylation is 1. The fourth-order valence-electron chi connectivity index (χ4n) is 3.56. The van der Waals surface area contributed by atoms with Crippen LogP contribution < -0.4 is 5.32 Å². The summed E-state index contributed by atoms with van der Waals surface area (Å²) in [6.07, 6.45) is 1.43. The van der Waals surface area contributed by atoms with E-state index in [-0.39, 0.29) is 22.9 Å². The van der Waals surface area contributed by atoms with E-state index in [0.717, 1.165) is 5.56 Å². The Hall–Kier alpha value is -3.16. The normalized spacial score (nSPS) is 11.6. The van der Waals surface area contributed by atoms with Crippen LogP contribution in [0.15, 0.2) is 77.8 Å². The van der Waals surface area contributed by atoms with Gasteiger partial charge in [-0.25, -0.2) is 12.8 Å².